The van der Waals surface area contributed by atoms with Crippen molar-refractivity contribution in [1.29, 1.82) is 5.26 Å². The molecule has 2 amide bonds. The second-order valence-corrected chi connectivity index (χ2v) is 7.99. The van der Waals surface area contributed by atoms with Crippen LogP contribution in [0.25, 0.3) is 0 Å². The first-order valence-electron chi connectivity index (χ1n) is 10.3. The molecule has 1 aromatic carbocycles. The molecule has 0 aliphatic carbocycles. The van der Waals surface area contributed by atoms with Crippen molar-refractivity contribution < 1.29 is 9.59 Å². The summed E-state index contributed by atoms with van der Waals surface area (Å²) in [5, 5.41) is 14.7. The van der Waals surface area contributed by atoms with Gasteiger partial charge in [-0.2, -0.15) is 5.26 Å². The number of nitrogens with zero attached hydrogens (tertiary/aromatic N) is 3. The van der Waals surface area contributed by atoms with Crippen LogP contribution in [0.3, 0.4) is 0 Å². The predicted molar refractivity (Wildman–Crippen MR) is 117 cm³/mol. The number of aromatic nitrogens is 1. The number of amides is 2. The molecular formula is C23H27N5O2. The number of rotatable bonds is 6. The second kappa shape index (κ2) is 9.88. The molecule has 0 atom stereocenters. The largest absolute Gasteiger partial charge is 0.357 e. The summed E-state index contributed by atoms with van der Waals surface area (Å²) in [5.74, 6) is 1.10. The summed E-state index contributed by atoms with van der Waals surface area (Å²) < 4.78 is 0. The van der Waals surface area contributed by atoms with E-state index in [2.05, 4.69) is 26.6 Å². The van der Waals surface area contributed by atoms with E-state index in [-0.39, 0.29) is 17.7 Å². The van der Waals surface area contributed by atoms with Crippen LogP contribution >= 0.6 is 0 Å². The molecule has 0 bridgehead atoms. The molecule has 1 aromatic heterocycles. The molecule has 2 N–H and O–H groups in total. The van der Waals surface area contributed by atoms with E-state index in [9.17, 15) is 9.59 Å². The van der Waals surface area contributed by atoms with Crippen molar-refractivity contribution in [2.75, 3.05) is 28.6 Å². The summed E-state index contributed by atoms with van der Waals surface area (Å²) in [6, 6.07) is 12.9. The van der Waals surface area contributed by atoms with E-state index < -0.39 is 0 Å². The van der Waals surface area contributed by atoms with Crippen LogP contribution < -0.4 is 15.5 Å². The molecule has 7 nitrogen and oxygen atoms in total. The molecule has 2 heterocycles. The first-order chi connectivity index (χ1) is 14.4. The summed E-state index contributed by atoms with van der Waals surface area (Å²) in [5.41, 5.74) is 1.98. The highest BCUT2D eigenvalue weighted by Gasteiger charge is 2.25. The number of carbonyl (C=O) groups is 2. The molecular weight excluding hydrogens is 378 g/mol. The fourth-order valence-corrected chi connectivity index (χ4v) is 3.47. The van der Waals surface area contributed by atoms with Gasteiger partial charge in [0.1, 0.15) is 11.9 Å². The maximum atomic E-state index is 12.6. The molecule has 0 spiro atoms. The zero-order valence-electron chi connectivity index (χ0n) is 17.4. The first-order valence-corrected chi connectivity index (χ1v) is 10.3. The van der Waals surface area contributed by atoms with E-state index in [1.807, 2.05) is 19.9 Å². The molecule has 30 heavy (non-hydrogen) atoms. The number of nitrogens with one attached hydrogen (secondary N) is 2. The van der Waals surface area contributed by atoms with Gasteiger partial charge in [-0.15, -0.1) is 0 Å². The van der Waals surface area contributed by atoms with E-state index in [0.29, 0.717) is 17.9 Å². The highest BCUT2D eigenvalue weighted by Crippen LogP contribution is 2.24. The van der Waals surface area contributed by atoms with Crippen molar-refractivity contribution in [3.8, 4) is 6.07 Å². The standard InChI is InChI=1S/C23H27N5O2/c1-16(2)13-22(29)26-19-4-6-20(7-5-19)27-23(30)18-9-11-28(12-10-18)21-8-3-17(14-24)15-25-21/h3-8,15-16,18H,9-13H2,1-2H3,(H,26,29)(H,27,30). The SMILES string of the molecule is CC(C)CC(=O)Nc1ccc(NC(=O)C2CCN(c3ccc(C#N)cn3)CC2)cc1. The molecule has 1 aliphatic rings. The Morgan fingerprint density at radius 1 is 1.10 bits per heavy atom. The molecule has 1 saturated heterocycles. The van der Waals surface area contributed by atoms with Gasteiger partial charge in [-0.3, -0.25) is 9.59 Å². The van der Waals surface area contributed by atoms with Gasteiger partial charge in [-0.1, -0.05) is 13.8 Å². The molecule has 1 fully saturated rings. The van der Waals surface area contributed by atoms with Crippen molar-refractivity contribution in [2.45, 2.75) is 33.1 Å². The van der Waals surface area contributed by atoms with E-state index in [1.165, 1.54) is 0 Å². The number of nitriles is 1. The van der Waals surface area contributed by atoms with E-state index >= 15 is 0 Å². The molecule has 7 heteroatoms. The van der Waals surface area contributed by atoms with Crippen molar-refractivity contribution in [2.24, 2.45) is 11.8 Å². The smallest absolute Gasteiger partial charge is 0.227 e. The fraction of sp³-hybridized carbons (Fsp3) is 0.391. The summed E-state index contributed by atoms with van der Waals surface area (Å²) >= 11 is 0. The lowest BCUT2D eigenvalue weighted by atomic mass is 9.95. The van der Waals surface area contributed by atoms with Gasteiger partial charge < -0.3 is 15.5 Å². The third kappa shape index (κ3) is 5.80. The molecule has 3 rings (SSSR count). The lowest BCUT2D eigenvalue weighted by Gasteiger charge is -2.32. The molecule has 156 valence electrons. The van der Waals surface area contributed by atoms with E-state index in [1.54, 1.807) is 36.5 Å². The minimum Gasteiger partial charge on any atom is -0.357 e. The van der Waals surface area contributed by atoms with Crippen LogP contribution in [0.5, 0.6) is 0 Å². The van der Waals surface area contributed by atoms with Gasteiger partial charge in [-0.25, -0.2) is 4.98 Å². The minimum atomic E-state index is -0.0509. The number of hydrogen-bond donors (Lipinski definition) is 2. The Morgan fingerprint density at radius 2 is 1.73 bits per heavy atom. The Hall–Kier alpha value is -3.40. The third-order valence-corrected chi connectivity index (χ3v) is 5.10. The minimum absolute atomic E-state index is 0.00898. The van der Waals surface area contributed by atoms with E-state index in [4.69, 9.17) is 5.26 Å². The van der Waals surface area contributed by atoms with Gasteiger partial charge in [0.2, 0.25) is 11.8 Å². The average Bonchev–Trinajstić information content (AvgIpc) is 2.74. The van der Waals surface area contributed by atoms with Crippen LogP contribution in [0, 0.1) is 23.2 Å². The monoisotopic (exact) mass is 405 g/mol. The quantitative estimate of drug-likeness (QED) is 0.762. The maximum absolute atomic E-state index is 12.6. The molecule has 1 aliphatic heterocycles. The number of benzene rings is 1. The number of piperidine rings is 1. The van der Waals surface area contributed by atoms with Gasteiger partial charge in [-0.05, 0) is 55.2 Å². The van der Waals surface area contributed by atoms with Crippen LogP contribution in [-0.4, -0.2) is 29.9 Å². The zero-order chi connectivity index (χ0) is 21.5. The molecule has 0 unspecified atom stereocenters. The normalized spacial score (nSPS) is 14.3. The summed E-state index contributed by atoms with van der Waals surface area (Å²) in [6.45, 7) is 5.50. The predicted octanol–water partition coefficient (Wildman–Crippen LogP) is 3.79. The van der Waals surface area contributed by atoms with Crippen LogP contribution in [-0.2, 0) is 9.59 Å². The Bertz CT molecular complexity index is 908. The average molecular weight is 406 g/mol. The van der Waals surface area contributed by atoms with Crippen molar-refractivity contribution in [3.63, 3.8) is 0 Å². The van der Waals surface area contributed by atoms with Gasteiger partial charge in [0.05, 0.1) is 5.56 Å². The maximum Gasteiger partial charge on any atom is 0.227 e. The van der Waals surface area contributed by atoms with Gasteiger partial charge in [0.15, 0.2) is 0 Å². The lowest BCUT2D eigenvalue weighted by Crippen LogP contribution is -2.38. The number of carbonyl (C=O) groups excluding carboxylic acids is 2. The Morgan fingerprint density at radius 3 is 2.27 bits per heavy atom. The second-order valence-electron chi connectivity index (χ2n) is 7.99. The molecule has 0 radical (unpaired) electrons. The topological polar surface area (TPSA) is 98.1 Å². The summed E-state index contributed by atoms with van der Waals surface area (Å²) in [4.78, 5) is 30.9. The lowest BCUT2D eigenvalue weighted by molar-refractivity contribution is -0.120. The van der Waals surface area contributed by atoms with Crippen LogP contribution in [0.1, 0.15) is 38.7 Å². The van der Waals surface area contributed by atoms with Gasteiger partial charge >= 0.3 is 0 Å². The summed E-state index contributed by atoms with van der Waals surface area (Å²) in [7, 11) is 0. The highest BCUT2D eigenvalue weighted by molar-refractivity contribution is 5.94. The Labute approximate surface area is 177 Å². The number of hydrogen-bond acceptors (Lipinski definition) is 5. The third-order valence-electron chi connectivity index (χ3n) is 5.10. The van der Waals surface area contributed by atoms with E-state index in [0.717, 1.165) is 43.1 Å². The summed E-state index contributed by atoms with van der Waals surface area (Å²) in [6.07, 6.45) is 3.55. The fourth-order valence-electron chi connectivity index (χ4n) is 3.47. The van der Waals surface area contributed by atoms with Crippen molar-refractivity contribution in [3.05, 3.63) is 48.2 Å². The van der Waals surface area contributed by atoms with Crippen LogP contribution in [0.15, 0.2) is 42.6 Å². The van der Waals surface area contributed by atoms with Crippen LogP contribution in [0.2, 0.25) is 0 Å². The highest BCUT2D eigenvalue weighted by atomic mass is 16.2. The van der Waals surface area contributed by atoms with Crippen molar-refractivity contribution >= 4 is 29.0 Å². The van der Waals surface area contributed by atoms with Gasteiger partial charge in [0, 0.05) is 43.0 Å². The number of anilines is 3. The Balaban J connectivity index is 1.48. The van der Waals surface area contributed by atoms with Crippen molar-refractivity contribution in [1.82, 2.24) is 4.98 Å². The van der Waals surface area contributed by atoms with Crippen LogP contribution in [0.4, 0.5) is 17.2 Å². The van der Waals surface area contributed by atoms with Gasteiger partial charge in [0.25, 0.3) is 0 Å². The first kappa shape index (κ1) is 21.3. The molecule has 0 saturated carbocycles. The molecule has 2 aromatic rings. The number of pyridine rings is 1. The Kier molecular flexibility index (Phi) is 7.02. The zero-order valence-corrected chi connectivity index (χ0v) is 17.4.